The molecule has 9 nitrogen and oxygen atoms in total. The van der Waals surface area contributed by atoms with Crippen LogP contribution in [0.4, 0.5) is 30.8 Å². The normalized spacial score (nSPS) is 14.1. The van der Waals surface area contributed by atoms with Crippen molar-refractivity contribution in [1.82, 2.24) is 25.6 Å². The number of hydrogen-bond donors (Lipinski definition) is 4. The van der Waals surface area contributed by atoms with Crippen LogP contribution in [0.2, 0.25) is 5.02 Å². The van der Waals surface area contributed by atoms with E-state index in [1.165, 1.54) is 0 Å². The zero-order valence-corrected chi connectivity index (χ0v) is 20.6. The monoisotopic (exact) mass is 535 g/mol. The number of anilines is 3. The number of hydrogen-bond acceptors (Lipinski definition) is 8. The minimum atomic E-state index is -4.56. The third kappa shape index (κ3) is 7.43. The summed E-state index contributed by atoms with van der Waals surface area (Å²) in [5, 5.41) is 12.5. The highest BCUT2D eigenvalue weighted by atomic mass is 35.5. The largest absolute Gasteiger partial charge is 0.454 e. The molecule has 13 heteroatoms. The molecule has 0 spiro atoms. The molecular weight excluding hydrogens is 511 g/mol. The van der Waals surface area contributed by atoms with Crippen LogP contribution in [0.3, 0.4) is 0 Å². The maximum atomic E-state index is 12.8. The van der Waals surface area contributed by atoms with Crippen LogP contribution in [0.25, 0.3) is 0 Å². The highest BCUT2D eigenvalue weighted by Gasteiger charge is 2.45. The molecule has 3 aromatic rings. The first-order valence-electron chi connectivity index (χ1n) is 11.5. The molecule has 0 atom stereocenters. The quantitative estimate of drug-likeness (QED) is 0.269. The molecule has 0 aliphatic heterocycles. The smallest absolute Gasteiger partial charge is 0.422 e. The van der Waals surface area contributed by atoms with Crippen LogP contribution in [0, 0.1) is 0 Å². The Labute approximate surface area is 216 Å². The number of amides is 1. The third-order valence-corrected chi connectivity index (χ3v) is 5.79. The second-order valence-corrected chi connectivity index (χ2v) is 8.88. The van der Waals surface area contributed by atoms with Crippen molar-refractivity contribution in [3.05, 3.63) is 64.7 Å². The van der Waals surface area contributed by atoms with Gasteiger partial charge in [-0.2, -0.15) is 28.1 Å². The minimum absolute atomic E-state index is 0.0206. The molecule has 0 saturated heterocycles. The summed E-state index contributed by atoms with van der Waals surface area (Å²) in [6.45, 7) is -0.428. The number of nitrogens with one attached hydrogen (secondary N) is 4. The molecule has 4 N–H and O–H groups in total. The van der Waals surface area contributed by atoms with Crippen molar-refractivity contribution < 1.29 is 22.7 Å². The Morgan fingerprint density at radius 2 is 1.68 bits per heavy atom. The van der Waals surface area contributed by atoms with E-state index in [1.807, 2.05) is 12.1 Å². The van der Waals surface area contributed by atoms with Crippen LogP contribution in [0.15, 0.2) is 48.5 Å². The first kappa shape index (κ1) is 26.4. The number of nitrogens with zero attached hydrogens (tertiary/aromatic N) is 3. The molecule has 1 aromatic heterocycles. The minimum Gasteiger partial charge on any atom is -0.454 e. The van der Waals surface area contributed by atoms with Gasteiger partial charge in [-0.1, -0.05) is 23.7 Å². The van der Waals surface area contributed by atoms with Gasteiger partial charge in [0.1, 0.15) is 0 Å². The molecular formula is C24H25ClF3N7O2. The Morgan fingerprint density at radius 1 is 1.00 bits per heavy atom. The van der Waals surface area contributed by atoms with Gasteiger partial charge in [0.25, 0.3) is 5.91 Å². The fourth-order valence-corrected chi connectivity index (χ4v) is 3.64. The zero-order valence-electron chi connectivity index (χ0n) is 19.8. The fourth-order valence-electron chi connectivity index (χ4n) is 3.51. The van der Waals surface area contributed by atoms with Crippen molar-refractivity contribution in [3.8, 4) is 6.01 Å². The summed E-state index contributed by atoms with van der Waals surface area (Å²) in [6, 6.07) is 13.3. The van der Waals surface area contributed by atoms with Crippen molar-refractivity contribution in [2.75, 3.05) is 37.4 Å². The van der Waals surface area contributed by atoms with Gasteiger partial charge in [0.05, 0.1) is 5.54 Å². The lowest BCUT2D eigenvalue weighted by Gasteiger charge is -2.19. The second-order valence-electron chi connectivity index (χ2n) is 8.44. The highest BCUT2D eigenvalue weighted by Crippen LogP contribution is 2.48. The predicted molar refractivity (Wildman–Crippen MR) is 133 cm³/mol. The van der Waals surface area contributed by atoms with Gasteiger partial charge in [-0.15, -0.1) is 0 Å². The second kappa shape index (κ2) is 11.2. The average molecular weight is 536 g/mol. The van der Waals surface area contributed by atoms with E-state index in [4.69, 9.17) is 16.3 Å². The number of carbonyl (C=O) groups excluding carboxylic acids is 1. The first-order valence-corrected chi connectivity index (χ1v) is 11.8. The number of rotatable bonds is 11. The summed E-state index contributed by atoms with van der Waals surface area (Å²) >= 11 is 5.99. The van der Waals surface area contributed by atoms with Crippen LogP contribution in [-0.4, -0.2) is 53.8 Å². The van der Waals surface area contributed by atoms with E-state index < -0.39 is 24.3 Å². The molecule has 0 bridgehead atoms. The zero-order chi connectivity index (χ0) is 26.5. The lowest BCUT2D eigenvalue weighted by atomic mass is 10.1. The Bertz CT molecular complexity index is 1220. The molecule has 196 valence electrons. The standard InChI is InChI=1S/C24H25ClF3N7O2/c1-29-12-13-30-19(36)15-2-8-18(9-3-15)31-20-32-21(34-22(33-20)37-14-24(26,27)28)35-23(10-11-23)16-4-6-17(25)7-5-16/h2-9,29H,10-14H2,1H3,(H,30,36)(H2,31,32,33,34,35). The number of likely N-dealkylation sites (N-methyl/N-ethyl adjacent to an activating group) is 1. The Hall–Kier alpha value is -3.64. The number of alkyl halides is 3. The molecule has 2 aromatic carbocycles. The molecule has 37 heavy (non-hydrogen) atoms. The van der Waals surface area contributed by atoms with Gasteiger partial charge in [-0.3, -0.25) is 4.79 Å². The van der Waals surface area contributed by atoms with Crippen LogP contribution >= 0.6 is 11.6 Å². The highest BCUT2D eigenvalue weighted by molar-refractivity contribution is 6.30. The maximum absolute atomic E-state index is 12.8. The number of carbonyl (C=O) groups is 1. The topological polar surface area (TPSA) is 113 Å². The Balaban J connectivity index is 1.52. The summed E-state index contributed by atoms with van der Waals surface area (Å²) in [6.07, 6.45) is -3.00. The SMILES string of the molecule is CNCCNC(=O)c1ccc(Nc2nc(NC3(c4ccc(Cl)cc4)CC3)nc(OCC(F)(F)F)n2)cc1. The van der Waals surface area contributed by atoms with Gasteiger partial charge in [-0.05, 0) is 61.9 Å². The fraction of sp³-hybridized carbons (Fsp3) is 0.333. The number of ether oxygens (including phenoxy) is 1. The van der Waals surface area contributed by atoms with E-state index >= 15 is 0 Å². The van der Waals surface area contributed by atoms with E-state index in [9.17, 15) is 18.0 Å². The third-order valence-electron chi connectivity index (χ3n) is 5.54. The van der Waals surface area contributed by atoms with Crippen LogP contribution < -0.4 is 26.0 Å². The molecule has 1 heterocycles. The molecule has 0 radical (unpaired) electrons. The van der Waals surface area contributed by atoms with E-state index in [0.717, 1.165) is 18.4 Å². The molecule has 1 aliphatic carbocycles. The van der Waals surface area contributed by atoms with Crippen molar-refractivity contribution in [3.63, 3.8) is 0 Å². The maximum Gasteiger partial charge on any atom is 0.422 e. The molecule has 0 unspecified atom stereocenters. The summed E-state index contributed by atoms with van der Waals surface area (Å²) in [4.78, 5) is 24.5. The van der Waals surface area contributed by atoms with Crippen molar-refractivity contribution in [1.29, 1.82) is 0 Å². The van der Waals surface area contributed by atoms with Crippen molar-refractivity contribution in [2.45, 2.75) is 24.6 Å². The number of halogens is 4. The van der Waals surface area contributed by atoms with Gasteiger partial charge >= 0.3 is 12.2 Å². The first-order chi connectivity index (χ1) is 17.7. The van der Waals surface area contributed by atoms with Crippen LogP contribution in [0.5, 0.6) is 6.01 Å². The van der Waals surface area contributed by atoms with Crippen molar-refractivity contribution >= 4 is 35.1 Å². The molecule has 4 rings (SSSR count). The van der Waals surface area contributed by atoms with Gasteiger partial charge < -0.3 is 26.0 Å². The lowest BCUT2D eigenvalue weighted by molar-refractivity contribution is -0.154. The lowest BCUT2D eigenvalue weighted by Crippen LogP contribution is -2.30. The van der Waals surface area contributed by atoms with E-state index in [2.05, 4.69) is 36.2 Å². The summed E-state index contributed by atoms with van der Waals surface area (Å²) < 4.78 is 43.1. The van der Waals surface area contributed by atoms with Gasteiger partial charge in [0, 0.05) is 29.4 Å². The van der Waals surface area contributed by atoms with E-state index in [-0.39, 0.29) is 17.8 Å². The average Bonchev–Trinajstić information content (AvgIpc) is 3.63. The predicted octanol–water partition coefficient (Wildman–Crippen LogP) is 4.26. The van der Waals surface area contributed by atoms with E-state index in [1.54, 1.807) is 43.4 Å². The molecule has 1 fully saturated rings. The van der Waals surface area contributed by atoms with Crippen LogP contribution in [-0.2, 0) is 5.54 Å². The summed E-state index contributed by atoms with van der Waals surface area (Å²) in [5.74, 6) is -0.191. The summed E-state index contributed by atoms with van der Waals surface area (Å²) in [5.41, 5.74) is 1.46. The number of aromatic nitrogens is 3. The van der Waals surface area contributed by atoms with Crippen LogP contribution in [0.1, 0.15) is 28.8 Å². The Morgan fingerprint density at radius 3 is 2.30 bits per heavy atom. The van der Waals surface area contributed by atoms with Gasteiger partial charge in [-0.25, -0.2) is 0 Å². The Kier molecular flexibility index (Phi) is 7.98. The molecule has 1 aliphatic rings. The molecule has 1 saturated carbocycles. The van der Waals surface area contributed by atoms with Gasteiger partial charge in [0.2, 0.25) is 11.9 Å². The molecule has 1 amide bonds. The van der Waals surface area contributed by atoms with E-state index in [0.29, 0.717) is 29.4 Å². The van der Waals surface area contributed by atoms with Crippen molar-refractivity contribution in [2.24, 2.45) is 0 Å². The number of benzene rings is 2. The summed E-state index contributed by atoms with van der Waals surface area (Å²) in [7, 11) is 1.79. The van der Waals surface area contributed by atoms with Gasteiger partial charge in [0.15, 0.2) is 6.61 Å².